The van der Waals surface area contributed by atoms with E-state index in [0.29, 0.717) is 13.0 Å². The summed E-state index contributed by atoms with van der Waals surface area (Å²) in [4.78, 5) is 25.0. The lowest BCUT2D eigenvalue weighted by molar-refractivity contribution is -0.140. The third-order valence-electron chi connectivity index (χ3n) is 3.61. The van der Waals surface area contributed by atoms with Crippen LogP contribution in [0.3, 0.4) is 0 Å². The maximum atomic E-state index is 13.3. The number of likely N-dealkylation sites (tertiary alicyclic amines) is 1. The molecule has 1 heterocycles. The molecule has 1 aliphatic rings. The van der Waals surface area contributed by atoms with Gasteiger partial charge in [-0.05, 0) is 31.0 Å². The van der Waals surface area contributed by atoms with E-state index >= 15 is 0 Å². The molecule has 21 heavy (non-hydrogen) atoms. The van der Waals surface area contributed by atoms with E-state index in [1.807, 2.05) is 0 Å². The first kappa shape index (κ1) is 15.2. The number of aliphatic hydroxyl groups is 1. The fourth-order valence-electron chi connectivity index (χ4n) is 2.43. The molecule has 0 aliphatic carbocycles. The summed E-state index contributed by atoms with van der Waals surface area (Å²) >= 11 is 0. The van der Waals surface area contributed by atoms with Crippen LogP contribution in [0.2, 0.25) is 0 Å². The molecule has 0 aromatic heterocycles. The number of hydrogen-bond acceptors (Lipinski definition) is 4. The van der Waals surface area contributed by atoms with Gasteiger partial charge in [0.25, 0.3) is 11.8 Å². The highest BCUT2D eigenvalue weighted by Gasteiger charge is 2.40. The van der Waals surface area contributed by atoms with E-state index in [1.165, 1.54) is 24.1 Å². The largest absolute Gasteiger partial charge is 0.496 e. The highest BCUT2D eigenvalue weighted by molar-refractivity contribution is 5.97. The van der Waals surface area contributed by atoms with Crippen LogP contribution in [0.25, 0.3) is 0 Å². The van der Waals surface area contributed by atoms with Crippen molar-refractivity contribution in [3.63, 3.8) is 0 Å². The Morgan fingerprint density at radius 2 is 2.19 bits per heavy atom. The van der Waals surface area contributed by atoms with E-state index in [0.717, 1.165) is 6.07 Å². The molecule has 114 valence electrons. The zero-order chi connectivity index (χ0) is 15.6. The van der Waals surface area contributed by atoms with Crippen molar-refractivity contribution < 1.29 is 23.8 Å². The zero-order valence-electron chi connectivity index (χ0n) is 11.6. The van der Waals surface area contributed by atoms with Crippen LogP contribution < -0.4 is 10.5 Å². The molecule has 6 nitrogen and oxygen atoms in total. The molecule has 2 amide bonds. The Kier molecular flexibility index (Phi) is 4.13. The maximum Gasteiger partial charge on any atom is 0.257 e. The number of piperidine rings is 1. The number of carbonyl (C=O) groups excluding carboxylic acids is 2. The molecule has 0 bridgehead atoms. The van der Waals surface area contributed by atoms with Crippen molar-refractivity contribution in [2.24, 2.45) is 5.73 Å². The topological polar surface area (TPSA) is 92.9 Å². The summed E-state index contributed by atoms with van der Waals surface area (Å²) < 4.78 is 18.4. The summed E-state index contributed by atoms with van der Waals surface area (Å²) in [5.74, 6) is -1.71. The van der Waals surface area contributed by atoms with Gasteiger partial charge >= 0.3 is 0 Å². The van der Waals surface area contributed by atoms with E-state index in [2.05, 4.69) is 0 Å². The van der Waals surface area contributed by atoms with Gasteiger partial charge in [0.05, 0.1) is 19.2 Å². The molecule has 1 aromatic rings. The number of primary amides is 1. The molecule has 3 N–H and O–H groups in total. The highest BCUT2D eigenvalue weighted by Crippen LogP contribution is 2.26. The SMILES string of the molecule is COc1ccc(F)cc1C(=O)N1CCC[C@](O)(C(N)=O)C1. The summed E-state index contributed by atoms with van der Waals surface area (Å²) in [7, 11) is 1.37. The molecule has 7 heteroatoms. The van der Waals surface area contributed by atoms with Crippen molar-refractivity contribution in [2.45, 2.75) is 18.4 Å². The summed E-state index contributed by atoms with van der Waals surface area (Å²) in [6, 6.07) is 3.61. The van der Waals surface area contributed by atoms with Crippen LogP contribution in [0.1, 0.15) is 23.2 Å². The molecule has 1 saturated heterocycles. The second-order valence-electron chi connectivity index (χ2n) is 5.07. The fraction of sp³-hybridized carbons (Fsp3) is 0.429. The van der Waals surface area contributed by atoms with Crippen LogP contribution in [0.15, 0.2) is 18.2 Å². The molecule has 0 spiro atoms. The lowest BCUT2D eigenvalue weighted by Crippen LogP contribution is -2.57. The van der Waals surface area contributed by atoms with Crippen molar-refractivity contribution in [2.75, 3.05) is 20.2 Å². The van der Waals surface area contributed by atoms with E-state index < -0.39 is 23.2 Å². The standard InChI is InChI=1S/C14H17FN2O4/c1-21-11-4-3-9(15)7-10(11)12(18)17-6-2-5-14(20,8-17)13(16)19/h3-4,7,20H,2,5-6,8H2,1H3,(H2,16,19)/t14-/m1/s1. The zero-order valence-corrected chi connectivity index (χ0v) is 11.6. The first-order chi connectivity index (χ1) is 9.87. The number of methoxy groups -OCH3 is 1. The normalized spacial score (nSPS) is 22.0. The molecular weight excluding hydrogens is 279 g/mol. The number of carbonyl (C=O) groups is 2. The van der Waals surface area contributed by atoms with Gasteiger partial charge < -0.3 is 20.5 Å². The molecule has 1 aliphatic heterocycles. The Hall–Kier alpha value is -2.15. The van der Waals surface area contributed by atoms with Gasteiger partial charge in [0.1, 0.15) is 11.6 Å². The van der Waals surface area contributed by atoms with Gasteiger partial charge in [-0.15, -0.1) is 0 Å². The predicted octanol–water partition coefficient (Wildman–Crippen LogP) is 0.287. The summed E-state index contributed by atoms with van der Waals surface area (Å²) in [5, 5.41) is 10.1. The van der Waals surface area contributed by atoms with Crippen LogP contribution in [0.4, 0.5) is 4.39 Å². The van der Waals surface area contributed by atoms with E-state index in [9.17, 15) is 19.1 Å². The molecule has 1 fully saturated rings. The molecule has 2 rings (SSSR count). The van der Waals surface area contributed by atoms with Crippen LogP contribution in [-0.2, 0) is 4.79 Å². The summed E-state index contributed by atoms with van der Waals surface area (Å²) in [6.07, 6.45) is 0.634. The van der Waals surface area contributed by atoms with Gasteiger partial charge in [-0.25, -0.2) is 4.39 Å². The van der Waals surface area contributed by atoms with Gasteiger partial charge in [0.2, 0.25) is 0 Å². The second-order valence-corrected chi connectivity index (χ2v) is 5.07. The minimum Gasteiger partial charge on any atom is -0.496 e. The lowest BCUT2D eigenvalue weighted by Gasteiger charge is -2.37. The van der Waals surface area contributed by atoms with E-state index in [1.54, 1.807) is 0 Å². The fourth-order valence-corrected chi connectivity index (χ4v) is 2.43. The average Bonchev–Trinajstić information content (AvgIpc) is 2.46. The van der Waals surface area contributed by atoms with Crippen molar-refractivity contribution in [1.82, 2.24) is 4.90 Å². The van der Waals surface area contributed by atoms with Crippen molar-refractivity contribution in [1.29, 1.82) is 0 Å². The first-order valence-corrected chi connectivity index (χ1v) is 6.52. The van der Waals surface area contributed by atoms with Crippen molar-refractivity contribution >= 4 is 11.8 Å². The summed E-state index contributed by atoms with van der Waals surface area (Å²) in [5.41, 5.74) is 3.48. The number of nitrogens with two attached hydrogens (primary N) is 1. The Morgan fingerprint density at radius 1 is 1.48 bits per heavy atom. The number of ether oxygens (including phenoxy) is 1. The Morgan fingerprint density at radius 3 is 2.81 bits per heavy atom. The summed E-state index contributed by atoms with van der Waals surface area (Å²) in [6.45, 7) is 0.148. The number of halogens is 1. The minimum absolute atomic E-state index is 0.0474. The second kappa shape index (κ2) is 5.69. The molecule has 0 unspecified atom stereocenters. The Bertz CT molecular complexity index is 578. The van der Waals surface area contributed by atoms with Crippen LogP contribution in [0, 0.1) is 5.82 Å². The van der Waals surface area contributed by atoms with Gasteiger partial charge in [-0.1, -0.05) is 0 Å². The molecule has 0 saturated carbocycles. The van der Waals surface area contributed by atoms with E-state index in [4.69, 9.17) is 10.5 Å². The number of hydrogen-bond donors (Lipinski definition) is 2. The van der Waals surface area contributed by atoms with Crippen LogP contribution in [-0.4, -0.2) is 47.6 Å². The first-order valence-electron chi connectivity index (χ1n) is 6.52. The van der Waals surface area contributed by atoms with Gasteiger partial charge in [-0.2, -0.15) is 0 Å². The minimum atomic E-state index is -1.74. The third-order valence-corrected chi connectivity index (χ3v) is 3.61. The maximum absolute atomic E-state index is 13.3. The monoisotopic (exact) mass is 296 g/mol. The molecular formula is C14H17FN2O4. The number of benzene rings is 1. The number of amides is 2. The number of β-amino-alcohol motifs (C(OH)–C–C–N with tert-alkyl or cyclic N) is 1. The van der Waals surface area contributed by atoms with Gasteiger partial charge in [-0.3, -0.25) is 9.59 Å². The average molecular weight is 296 g/mol. The molecule has 1 atom stereocenters. The number of rotatable bonds is 3. The predicted molar refractivity (Wildman–Crippen MR) is 72.2 cm³/mol. The van der Waals surface area contributed by atoms with Crippen molar-refractivity contribution in [3.8, 4) is 5.75 Å². The van der Waals surface area contributed by atoms with Crippen molar-refractivity contribution in [3.05, 3.63) is 29.6 Å². The van der Waals surface area contributed by atoms with Gasteiger partial charge in [0, 0.05) is 6.54 Å². The Labute approximate surface area is 121 Å². The third kappa shape index (κ3) is 2.97. The van der Waals surface area contributed by atoms with Gasteiger partial charge in [0.15, 0.2) is 5.60 Å². The smallest absolute Gasteiger partial charge is 0.257 e. The highest BCUT2D eigenvalue weighted by atomic mass is 19.1. The molecule has 0 radical (unpaired) electrons. The number of nitrogens with zero attached hydrogens (tertiary/aromatic N) is 1. The molecule has 1 aromatic carbocycles. The Balaban J connectivity index is 2.28. The van der Waals surface area contributed by atoms with Crippen LogP contribution in [0.5, 0.6) is 5.75 Å². The van der Waals surface area contributed by atoms with Crippen LogP contribution >= 0.6 is 0 Å². The lowest BCUT2D eigenvalue weighted by atomic mass is 9.91. The quantitative estimate of drug-likeness (QED) is 0.838. The van der Waals surface area contributed by atoms with E-state index in [-0.39, 0.29) is 24.3 Å².